The molecular formula is C18H25N5O. The van der Waals surface area contributed by atoms with E-state index in [1.165, 1.54) is 0 Å². The number of aromatic nitrogens is 4. The van der Waals surface area contributed by atoms with Crippen LogP contribution < -0.4 is 0 Å². The van der Waals surface area contributed by atoms with Crippen LogP contribution in [0.3, 0.4) is 0 Å². The predicted octanol–water partition coefficient (Wildman–Crippen LogP) is 2.38. The second-order valence-electron chi connectivity index (χ2n) is 6.75. The lowest BCUT2D eigenvalue weighted by atomic mass is 10.1. The number of aryl methyl sites for hydroxylation is 4. The monoisotopic (exact) mass is 327 g/mol. The van der Waals surface area contributed by atoms with Crippen LogP contribution in [0.25, 0.3) is 0 Å². The summed E-state index contributed by atoms with van der Waals surface area (Å²) in [6, 6.07) is 1.98. The van der Waals surface area contributed by atoms with E-state index in [1.54, 1.807) is 0 Å². The molecule has 1 fully saturated rings. The van der Waals surface area contributed by atoms with Gasteiger partial charge in [-0.05, 0) is 52.2 Å². The van der Waals surface area contributed by atoms with Crippen molar-refractivity contribution in [3.05, 3.63) is 40.2 Å². The van der Waals surface area contributed by atoms with E-state index in [2.05, 4.69) is 20.2 Å². The molecule has 128 valence electrons. The molecule has 0 unspecified atom stereocenters. The minimum atomic E-state index is 0.210. The number of hydrogen-bond donors (Lipinski definition) is 1. The number of nitrogens with one attached hydrogen (secondary N) is 1. The van der Waals surface area contributed by atoms with Gasteiger partial charge >= 0.3 is 0 Å². The lowest BCUT2D eigenvalue weighted by molar-refractivity contribution is -0.130. The fourth-order valence-electron chi connectivity index (χ4n) is 3.47. The SMILES string of the molecule is Cc1cc(C)nc([C@@H]2CCN(C(=O)CCc3c(C)n[nH]c3C)C2)n1. The fraction of sp³-hybridized carbons (Fsp3) is 0.556. The van der Waals surface area contributed by atoms with Gasteiger partial charge in [0.05, 0.1) is 5.69 Å². The Morgan fingerprint density at radius 2 is 1.96 bits per heavy atom. The molecule has 24 heavy (non-hydrogen) atoms. The number of carbonyl (C=O) groups excluding carboxylic acids is 1. The molecule has 0 aromatic carbocycles. The summed E-state index contributed by atoms with van der Waals surface area (Å²) in [4.78, 5) is 23.6. The van der Waals surface area contributed by atoms with Gasteiger partial charge in [0.2, 0.25) is 5.91 Å². The third-order valence-corrected chi connectivity index (χ3v) is 4.78. The first-order valence-electron chi connectivity index (χ1n) is 8.54. The number of nitrogens with zero attached hydrogens (tertiary/aromatic N) is 4. The quantitative estimate of drug-likeness (QED) is 0.935. The van der Waals surface area contributed by atoms with Crippen molar-refractivity contribution in [2.45, 2.75) is 52.9 Å². The number of likely N-dealkylation sites (tertiary alicyclic amines) is 1. The second-order valence-corrected chi connectivity index (χ2v) is 6.75. The molecule has 0 saturated carbocycles. The molecule has 0 aliphatic carbocycles. The van der Waals surface area contributed by atoms with Crippen molar-refractivity contribution in [1.29, 1.82) is 0 Å². The molecule has 1 atom stereocenters. The standard InChI is InChI=1S/C18H25N5O/c1-11-9-12(2)20-18(19-11)15-7-8-23(10-15)17(24)6-5-16-13(3)21-22-14(16)4/h9,15H,5-8,10H2,1-4H3,(H,21,22)/t15-/m1/s1. The normalized spacial score (nSPS) is 17.5. The molecule has 1 saturated heterocycles. The summed E-state index contributed by atoms with van der Waals surface area (Å²) in [6.45, 7) is 9.49. The molecule has 1 amide bonds. The Morgan fingerprint density at radius 1 is 1.25 bits per heavy atom. The highest BCUT2D eigenvalue weighted by Gasteiger charge is 2.29. The third-order valence-electron chi connectivity index (χ3n) is 4.78. The van der Waals surface area contributed by atoms with E-state index < -0.39 is 0 Å². The molecule has 2 aromatic heterocycles. The van der Waals surface area contributed by atoms with Crippen molar-refractivity contribution in [2.75, 3.05) is 13.1 Å². The van der Waals surface area contributed by atoms with Gasteiger partial charge in [-0.1, -0.05) is 0 Å². The van der Waals surface area contributed by atoms with Crippen molar-refractivity contribution in [2.24, 2.45) is 0 Å². The maximum Gasteiger partial charge on any atom is 0.222 e. The van der Waals surface area contributed by atoms with Gasteiger partial charge in [-0.2, -0.15) is 5.10 Å². The van der Waals surface area contributed by atoms with Gasteiger partial charge in [0.25, 0.3) is 0 Å². The van der Waals surface area contributed by atoms with Crippen LogP contribution in [0.2, 0.25) is 0 Å². The molecule has 0 bridgehead atoms. The Morgan fingerprint density at radius 3 is 2.58 bits per heavy atom. The average molecular weight is 327 g/mol. The molecule has 1 aliphatic rings. The minimum Gasteiger partial charge on any atom is -0.342 e. The number of rotatable bonds is 4. The Bertz CT molecular complexity index is 712. The summed E-state index contributed by atoms with van der Waals surface area (Å²) in [5.41, 5.74) is 5.20. The van der Waals surface area contributed by atoms with Gasteiger partial charge in [-0.15, -0.1) is 0 Å². The number of H-pyrrole nitrogens is 1. The van der Waals surface area contributed by atoms with Crippen LogP contribution in [-0.4, -0.2) is 44.1 Å². The zero-order chi connectivity index (χ0) is 17.3. The largest absolute Gasteiger partial charge is 0.342 e. The summed E-state index contributed by atoms with van der Waals surface area (Å²) < 4.78 is 0. The number of amides is 1. The van der Waals surface area contributed by atoms with E-state index in [9.17, 15) is 4.79 Å². The molecule has 0 spiro atoms. The van der Waals surface area contributed by atoms with E-state index in [0.717, 1.165) is 60.1 Å². The summed E-state index contributed by atoms with van der Waals surface area (Å²) in [7, 11) is 0. The fourth-order valence-corrected chi connectivity index (χ4v) is 3.47. The Kier molecular flexibility index (Phi) is 4.64. The molecule has 1 N–H and O–H groups in total. The first kappa shape index (κ1) is 16.6. The van der Waals surface area contributed by atoms with Crippen molar-refractivity contribution in [3.8, 4) is 0 Å². The van der Waals surface area contributed by atoms with Crippen molar-refractivity contribution in [3.63, 3.8) is 0 Å². The molecule has 6 heteroatoms. The van der Waals surface area contributed by atoms with Crippen molar-refractivity contribution < 1.29 is 4.79 Å². The van der Waals surface area contributed by atoms with Gasteiger partial charge in [-0.25, -0.2) is 9.97 Å². The number of aromatic amines is 1. The first-order valence-corrected chi connectivity index (χ1v) is 8.54. The van der Waals surface area contributed by atoms with Gasteiger partial charge < -0.3 is 4.90 Å². The minimum absolute atomic E-state index is 0.210. The van der Waals surface area contributed by atoms with Crippen LogP contribution in [-0.2, 0) is 11.2 Å². The van der Waals surface area contributed by atoms with E-state index in [-0.39, 0.29) is 11.8 Å². The topological polar surface area (TPSA) is 74.8 Å². The van der Waals surface area contributed by atoms with Crippen LogP contribution in [0.4, 0.5) is 0 Å². The zero-order valence-electron chi connectivity index (χ0n) is 14.9. The maximum atomic E-state index is 12.5. The predicted molar refractivity (Wildman–Crippen MR) is 91.8 cm³/mol. The highest BCUT2D eigenvalue weighted by molar-refractivity contribution is 5.77. The Hall–Kier alpha value is -2.24. The van der Waals surface area contributed by atoms with Gasteiger partial charge in [-0.3, -0.25) is 9.89 Å². The van der Waals surface area contributed by atoms with E-state index >= 15 is 0 Å². The zero-order valence-corrected chi connectivity index (χ0v) is 14.9. The lowest BCUT2D eigenvalue weighted by Gasteiger charge is -2.16. The highest BCUT2D eigenvalue weighted by Crippen LogP contribution is 2.26. The summed E-state index contributed by atoms with van der Waals surface area (Å²) in [6.07, 6.45) is 2.22. The Balaban J connectivity index is 1.60. The lowest BCUT2D eigenvalue weighted by Crippen LogP contribution is -2.29. The highest BCUT2D eigenvalue weighted by atomic mass is 16.2. The molecule has 6 nitrogen and oxygen atoms in total. The van der Waals surface area contributed by atoms with Crippen LogP contribution in [0, 0.1) is 27.7 Å². The van der Waals surface area contributed by atoms with Crippen molar-refractivity contribution >= 4 is 5.91 Å². The average Bonchev–Trinajstić information content (AvgIpc) is 3.12. The van der Waals surface area contributed by atoms with Crippen LogP contribution in [0.5, 0.6) is 0 Å². The van der Waals surface area contributed by atoms with E-state index in [1.807, 2.05) is 38.7 Å². The molecule has 1 aliphatic heterocycles. The second kappa shape index (κ2) is 6.71. The Labute approximate surface area is 142 Å². The van der Waals surface area contributed by atoms with Gasteiger partial charge in [0.15, 0.2) is 0 Å². The maximum absolute atomic E-state index is 12.5. The van der Waals surface area contributed by atoms with Gasteiger partial charge in [0.1, 0.15) is 5.82 Å². The van der Waals surface area contributed by atoms with Crippen LogP contribution in [0.1, 0.15) is 52.9 Å². The van der Waals surface area contributed by atoms with E-state index in [4.69, 9.17) is 0 Å². The van der Waals surface area contributed by atoms with Gasteiger partial charge in [0, 0.05) is 42.5 Å². The van der Waals surface area contributed by atoms with Crippen LogP contribution in [0.15, 0.2) is 6.07 Å². The molecular weight excluding hydrogens is 302 g/mol. The smallest absolute Gasteiger partial charge is 0.222 e. The molecule has 3 heterocycles. The van der Waals surface area contributed by atoms with Crippen molar-refractivity contribution in [1.82, 2.24) is 25.1 Å². The summed E-state index contributed by atoms with van der Waals surface area (Å²) >= 11 is 0. The first-order chi connectivity index (χ1) is 11.4. The van der Waals surface area contributed by atoms with E-state index in [0.29, 0.717) is 6.42 Å². The molecule has 3 rings (SSSR count). The number of hydrogen-bond acceptors (Lipinski definition) is 4. The third kappa shape index (κ3) is 3.47. The molecule has 2 aromatic rings. The number of carbonyl (C=O) groups is 1. The molecule has 0 radical (unpaired) electrons. The summed E-state index contributed by atoms with van der Waals surface area (Å²) in [5.74, 6) is 1.34. The summed E-state index contributed by atoms with van der Waals surface area (Å²) in [5, 5.41) is 7.17. The van der Waals surface area contributed by atoms with Crippen LogP contribution >= 0.6 is 0 Å².